The topological polar surface area (TPSA) is 52.6 Å². The van der Waals surface area contributed by atoms with Crippen LogP contribution in [-0.4, -0.2) is 25.2 Å². The molecule has 4 nitrogen and oxygen atoms in total. The van der Waals surface area contributed by atoms with Crippen LogP contribution in [0.1, 0.15) is 104 Å². The van der Waals surface area contributed by atoms with E-state index in [1.54, 1.807) is 0 Å². The molecule has 0 saturated carbocycles. The van der Waals surface area contributed by atoms with Crippen LogP contribution in [0.4, 0.5) is 0 Å². The summed E-state index contributed by atoms with van der Waals surface area (Å²) < 4.78 is 10.2. The molecule has 0 aromatic heterocycles. The second kappa shape index (κ2) is 17.8. The molecule has 0 bridgehead atoms. The summed E-state index contributed by atoms with van der Waals surface area (Å²) in [5.41, 5.74) is 0. The van der Waals surface area contributed by atoms with Crippen LogP contribution >= 0.6 is 0 Å². The van der Waals surface area contributed by atoms with E-state index in [4.69, 9.17) is 9.47 Å². The van der Waals surface area contributed by atoms with Gasteiger partial charge in [-0.1, -0.05) is 72.1 Å². The summed E-state index contributed by atoms with van der Waals surface area (Å²) >= 11 is 0. The molecule has 1 atom stereocenters. The average molecular weight is 357 g/mol. The normalized spacial score (nSPS) is 12.0. The standard InChI is InChI=1S/C21H40O4/c1-4-17-24-20(22)16-14-12-10-8-6-7-9-11-13-15-19(3)21(23)25-18-5-2/h19H,4-18H2,1-3H3. The van der Waals surface area contributed by atoms with Crippen LogP contribution in [0.3, 0.4) is 0 Å². The van der Waals surface area contributed by atoms with Gasteiger partial charge in [0.25, 0.3) is 0 Å². The number of ether oxygens (including phenoxy) is 2. The smallest absolute Gasteiger partial charge is 0.308 e. The maximum absolute atomic E-state index is 11.6. The molecule has 0 radical (unpaired) electrons. The van der Waals surface area contributed by atoms with Gasteiger partial charge in [0.05, 0.1) is 19.1 Å². The lowest BCUT2D eigenvalue weighted by Crippen LogP contribution is -2.15. The van der Waals surface area contributed by atoms with Crippen molar-refractivity contribution in [1.82, 2.24) is 0 Å². The molecular weight excluding hydrogens is 316 g/mol. The van der Waals surface area contributed by atoms with Crippen LogP contribution in [0.2, 0.25) is 0 Å². The van der Waals surface area contributed by atoms with Gasteiger partial charge in [0.15, 0.2) is 0 Å². The number of unbranched alkanes of at least 4 members (excludes halogenated alkanes) is 8. The molecule has 1 unspecified atom stereocenters. The molecule has 0 amide bonds. The lowest BCUT2D eigenvalue weighted by molar-refractivity contribution is -0.148. The lowest BCUT2D eigenvalue weighted by Gasteiger charge is -2.10. The molecule has 0 saturated heterocycles. The molecule has 25 heavy (non-hydrogen) atoms. The van der Waals surface area contributed by atoms with Crippen molar-refractivity contribution in [3.63, 3.8) is 0 Å². The first-order chi connectivity index (χ1) is 12.1. The Morgan fingerprint density at radius 1 is 0.720 bits per heavy atom. The SMILES string of the molecule is CCCOC(=O)CCCCCCCCCCCC(C)C(=O)OCCC. The highest BCUT2D eigenvalue weighted by Gasteiger charge is 2.13. The molecule has 4 heteroatoms. The van der Waals surface area contributed by atoms with Gasteiger partial charge in [0, 0.05) is 6.42 Å². The third-order valence-electron chi connectivity index (χ3n) is 4.34. The molecule has 0 aromatic carbocycles. The van der Waals surface area contributed by atoms with Crippen LogP contribution in [0.25, 0.3) is 0 Å². The highest BCUT2D eigenvalue weighted by atomic mass is 16.5. The van der Waals surface area contributed by atoms with Crippen LogP contribution < -0.4 is 0 Å². The largest absolute Gasteiger partial charge is 0.466 e. The third kappa shape index (κ3) is 16.2. The predicted molar refractivity (Wildman–Crippen MR) is 102 cm³/mol. The molecule has 0 aromatic rings. The highest BCUT2D eigenvalue weighted by Crippen LogP contribution is 2.15. The van der Waals surface area contributed by atoms with Crippen LogP contribution in [0.5, 0.6) is 0 Å². The maximum atomic E-state index is 11.6. The molecule has 148 valence electrons. The van der Waals surface area contributed by atoms with Crippen molar-refractivity contribution in [3.8, 4) is 0 Å². The molecule has 0 N–H and O–H groups in total. The van der Waals surface area contributed by atoms with Crippen LogP contribution in [-0.2, 0) is 19.1 Å². The molecule has 0 fully saturated rings. The molecule has 0 aliphatic heterocycles. The summed E-state index contributed by atoms with van der Waals surface area (Å²) in [6, 6.07) is 0. The Balaban J connectivity index is 3.28. The van der Waals surface area contributed by atoms with Gasteiger partial charge in [0.2, 0.25) is 0 Å². The zero-order valence-electron chi connectivity index (χ0n) is 16.8. The van der Waals surface area contributed by atoms with Crippen molar-refractivity contribution in [1.29, 1.82) is 0 Å². The third-order valence-corrected chi connectivity index (χ3v) is 4.34. The Bertz CT molecular complexity index is 328. The van der Waals surface area contributed by atoms with Gasteiger partial charge in [-0.15, -0.1) is 0 Å². The van der Waals surface area contributed by atoms with E-state index >= 15 is 0 Å². The second-order valence-corrected chi connectivity index (χ2v) is 7.01. The minimum atomic E-state index is -0.0466. The first-order valence-electron chi connectivity index (χ1n) is 10.4. The van der Waals surface area contributed by atoms with E-state index in [1.807, 2.05) is 20.8 Å². The van der Waals surface area contributed by atoms with E-state index in [9.17, 15) is 9.59 Å². The maximum Gasteiger partial charge on any atom is 0.308 e. The van der Waals surface area contributed by atoms with E-state index in [1.165, 1.54) is 38.5 Å². The summed E-state index contributed by atoms with van der Waals surface area (Å²) in [4.78, 5) is 23.0. The Hall–Kier alpha value is -1.06. The fourth-order valence-electron chi connectivity index (χ4n) is 2.71. The molecule has 0 heterocycles. The number of hydrogen-bond donors (Lipinski definition) is 0. The van der Waals surface area contributed by atoms with Gasteiger partial charge in [-0.25, -0.2) is 0 Å². The zero-order chi connectivity index (χ0) is 18.8. The number of hydrogen-bond acceptors (Lipinski definition) is 4. The summed E-state index contributed by atoms with van der Waals surface area (Å²) in [6.07, 6.45) is 13.9. The highest BCUT2D eigenvalue weighted by molar-refractivity contribution is 5.71. The fourth-order valence-corrected chi connectivity index (χ4v) is 2.71. The van der Waals surface area contributed by atoms with E-state index in [0.29, 0.717) is 19.6 Å². The Morgan fingerprint density at radius 2 is 1.20 bits per heavy atom. The molecular formula is C21H40O4. The fraction of sp³-hybridized carbons (Fsp3) is 0.905. The van der Waals surface area contributed by atoms with E-state index < -0.39 is 0 Å². The number of rotatable bonds is 17. The Labute approximate surface area is 155 Å². The van der Waals surface area contributed by atoms with Crippen molar-refractivity contribution >= 4 is 11.9 Å². The van der Waals surface area contributed by atoms with Crippen LogP contribution in [0.15, 0.2) is 0 Å². The first-order valence-corrected chi connectivity index (χ1v) is 10.4. The summed E-state index contributed by atoms with van der Waals surface area (Å²) in [7, 11) is 0. The van der Waals surface area contributed by atoms with Crippen molar-refractivity contribution in [2.45, 2.75) is 104 Å². The predicted octanol–water partition coefficient (Wildman–Crippen LogP) is 5.82. The van der Waals surface area contributed by atoms with Crippen molar-refractivity contribution in [2.75, 3.05) is 13.2 Å². The van der Waals surface area contributed by atoms with Gasteiger partial charge in [-0.05, 0) is 25.7 Å². The van der Waals surface area contributed by atoms with Crippen molar-refractivity contribution in [3.05, 3.63) is 0 Å². The van der Waals surface area contributed by atoms with Gasteiger partial charge >= 0.3 is 11.9 Å². The van der Waals surface area contributed by atoms with E-state index in [0.717, 1.165) is 38.5 Å². The number of carbonyl (C=O) groups is 2. The number of carbonyl (C=O) groups excluding carboxylic acids is 2. The lowest BCUT2D eigenvalue weighted by atomic mass is 10.0. The van der Waals surface area contributed by atoms with Crippen molar-refractivity contribution in [2.24, 2.45) is 5.92 Å². The first kappa shape index (κ1) is 23.9. The number of esters is 2. The molecule has 0 spiro atoms. The second-order valence-electron chi connectivity index (χ2n) is 7.01. The van der Waals surface area contributed by atoms with Crippen LogP contribution in [0, 0.1) is 5.92 Å². The van der Waals surface area contributed by atoms with E-state index in [2.05, 4.69) is 0 Å². The zero-order valence-corrected chi connectivity index (χ0v) is 16.8. The molecule has 0 aliphatic carbocycles. The Morgan fingerprint density at radius 3 is 1.76 bits per heavy atom. The van der Waals surface area contributed by atoms with Crippen molar-refractivity contribution < 1.29 is 19.1 Å². The quantitative estimate of drug-likeness (QED) is 0.243. The minimum absolute atomic E-state index is 0.0376. The van der Waals surface area contributed by atoms with E-state index in [-0.39, 0.29) is 17.9 Å². The molecule has 0 rings (SSSR count). The monoisotopic (exact) mass is 356 g/mol. The van der Waals surface area contributed by atoms with Gasteiger partial charge in [-0.2, -0.15) is 0 Å². The average Bonchev–Trinajstić information content (AvgIpc) is 2.61. The summed E-state index contributed by atoms with van der Waals surface area (Å²) in [6.45, 7) is 7.09. The summed E-state index contributed by atoms with van der Waals surface area (Å²) in [5.74, 6) is -0.0503. The summed E-state index contributed by atoms with van der Waals surface area (Å²) in [5, 5.41) is 0. The molecule has 0 aliphatic rings. The van der Waals surface area contributed by atoms with Gasteiger partial charge < -0.3 is 9.47 Å². The Kier molecular flexibility index (Phi) is 17.0. The van der Waals surface area contributed by atoms with Gasteiger partial charge in [-0.3, -0.25) is 9.59 Å². The van der Waals surface area contributed by atoms with Gasteiger partial charge in [0.1, 0.15) is 0 Å². The minimum Gasteiger partial charge on any atom is -0.466 e.